The Morgan fingerprint density at radius 2 is 1.75 bits per heavy atom. The quantitative estimate of drug-likeness (QED) is 0.697. The van der Waals surface area contributed by atoms with Crippen LogP contribution in [0.3, 0.4) is 0 Å². The van der Waals surface area contributed by atoms with Gasteiger partial charge in [-0.15, -0.1) is 0 Å². The SMILES string of the molecule is C=C1C(=O)Nc2cc(Cl)c(F)cc21.Clc1ccccc1. The lowest BCUT2D eigenvalue weighted by Crippen LogP contribution is -2.02. The highest BCUT2D eigenvalue weighted by molar-refractivity contribution is 6.34. The van der Waals surface area contributed by atoms with Crippen molar-refractivity contribution in [2.75, 3.05) is 5.32 Å². The van der Waals surface area contributed by atoms with Crippen molar-refractivity contribution in [2.45, 2.75) is 0 Å². The summed E-state index contributed by atoms with van der Waals surface area (Å²) in [5.74, 6) is -0.852. The minimum Gasteiger partial charge on any atom is -0.321 e. The fourth-order valence-electron chi connectivity index (χ4n) is 1.63. The molecule has 0 saturated carbocycles. The number of nitrogens with one attached hydrogen (secondary N) is 1. The Bertz CT molecular complexity index is 671. The number of carbonyl (C=O) groups is 1. The third kappa shape index (κ3) is 3.18. The molecular weight excluding hydrogens is 300 g/mol. The Hall–Kier alpha value is -1.84. The van der Waals surface area contributed by atoms with Gasteiger partial charge >= 0.3 is 0 Å². The summed E-state index contributed by atoms with van der Waals surface area (Å²) in [6, 6.07) is 12.0. The van der Waals surface area contributed by atoms with Crippen molar-refractivity contribution in [1.29, 1.82) is 0 Å². The number of hydrogen-bond acceptors (Lipinski definition) is 1. The summed E-state index contributed by atoms with van der Waals surface area (Å²) in [6.45, 7) is 3.53. The minimum absolute atomic E-state index is 0.00579. The number of fused-ring (bicyclic) bond motifs is 1. The van der Waals surface area contributed by atoms with Crippen LogP contribution in [-0.4, -0.2) is 5.91 Å². The molecule has 2 aromatic rings. The fourth-order valence-corrected chi connectivity index (χ4v) is 1.94. The Morgan fingerprint density at radius 1 is 1.10 bits per heavy atom. The Morgan fingerprint density at radius 3 is 2.30 bits per heavy atom. The van der Waals surface area contributed by atoms with Crippen LogP contribution in [0.5, 0.6) is 0 Å². The number of benzene rings is 2. The molecule has 0 radical (unpaired) electrons. The summed E-state index contributed by atoms with van der Waals surface area (Å²) in [6.07, 6.45) is 0. The highest BCUT2D eigenvalue weighted by Crippen LogP contribution is 2.34. The van der Waals surface area contributed by atoms with Crippen molar-refractivity contribution in [1.82, 2.24) is 0 Å². The maximum Gasteiger partial charge on any atom is 0.255 e. The molecule has 3 rings (SSSR count). The van der Waals surface area contributed by atoms with E-state index in [2.05, 4.69) is 11.9 Å². The van der Waals surface area contributed by atoms with E-state index in [1.165, 1.54) is 12.1 Å². The van der Waals surface area contributed by atoms with Crippen molar-refractivity contribution in [3.05, 3.63) is 70.5 Å². The number of carbonyl (C=O) groups excluding carboxylic acids is 1. The molecule has 0 spiro atoms. The van der Waals surface area contributed by atoms with E-state index in [0.717, 1.165) is 5.02 Å². The molecule has 0 saturated heterocycles. The first kappa shape index (κ1) is 14.6. The van der Waals surface area contributed by atoms with Gasteiger partial charge < -0.3 is 5.32 Å². The van der Waals surface area contributed by atoms with E-state index in [4.69, 9.17) is 23.2 Å². The summed E-state index contributed by atoms with van der Waals surface area (Å²) in [4.78, 5) is 11.1. The largest absolute Gasteiger partial charge is 0.321 e. The number of amides is 1. The van der Waals surface area contributed by atoms with Gasteiger partial charge in [0.25, 0.3) is 5.91 Å². The van der Waals surface area contributed by atoms with Gasteiger partial charge in [0.1, 0.15) is 5.82 Å². The molecule has 0 fully saturated rings. The predicted octanol–water partition coefficient (Wildman–Crippen LogP) is 4.78. The monoisotopic (exact) mass is 309 g/mol. The highest BCUT2D eigenvalue weighted by Gasteiger charge is 2.23. The molecule has 20 heavy (non-hydrogen) atoms. The topological polar surface area (TPSA) is 29.1 Å². The van der Waals surface area contributed by atoms with E-state index in [1.807, 2.05) is 30.3 Å². The number of halogens is 3. The predicted molar refractivity (Wildman–Crippen MR) is 80.5 cm³/mol. The molecule has 1 aliphatic heterocycles. The van der Waals surface area contributed by atoms with Gasteiger partial charge in [-0.1, -0.05) is 48.0 Å². The van der Waals surface area contributed by atoms with Crippen LogP contribution in [0.15, 0.2) is 49.0 Å². The Labute approximate surface area is 125 Å². The van der Waals surface area contributed by atoms with E-state index in [9.17, 15) is 9.18 Å². The van der Waals surface area contributed by atoms with E-state index in [0.29, 0.717) is 11.3 Å². The third-order valence-corrected chi connectivity index (χ3v) is 3.18. The van der Waals surface area contributed by atoms with Crippen LogP contribution in [0.4, 0.5) is 10.1 Å². The minimum atomic E-state index is -0.543. The van der Waals surface area contributed by atoms with Gasteiger partial charge in [0, 0.05) is 16.2 Å². The molecule has 2 aromatic carbocycles. The van der Waals surface area contributed by atoms with Crippen molar-refractivity contribution in [3.8, 4) is 0 Å². The molecule has 1 aliphatic rings. The molecule has 0 aliphatic carbocycles. The number of rotatable bonds is 0. The lowest BCUT2D eigenvalue weighted by atomic mass is 10.1. The van der Waals surface area contributed by atoms with Crippen LogP contribution in [-0.2, 0) is 4.79 Å². The first-order valence-electron chi connectivity index (χ1n) is 5.69. The second-order valence-electron chi connectivity index (χ2n) is 4.04. The zero-order valence-electron chi connectivity index (χ0n) is 10.3. The summed E-state index contributed by atoms with van der Waals surface area (Å²) < 4.78 is 13.0. The highest BCUT2D eigenvalue weighted by atomic mass is 35.5. The zero-order chi connectivity index (χ0) is 14.7. The van der Waals surface area contributed by atoms with Gasteiger partial charge in [-0.3, -0.25) is 4.79 Å². The first-order valence-corrected chi connectivity index (χ1v) is 6.45. The van der Waals surface area contributed by atoms with E-state index >= 15 is 0 Å². The Balaban J connectivity index is 0.000000178. The fraction of sp³-hybridized carbons (Fsp3) is 0. The maximum atomic E-state index is 13.0. The number of hydrogen-bond donors (Lipinski definition) is 1. The van der Waals surface area contributed by atoms with Crippen LogP contribution in [0.25, 0.3) is 5.57 Å². The molecule has 0 unspecified atom stereocenters. The molecule has 0 aromatic heterocycles. The van der Waals surface area contributed by atoms with Crippen molar-refractivity contribution < 1.29 is 9.18 Å². The average molecular weight is 310 g/mol. The standard InChI is InChI=1S/C9H5ClFNO.C6H5Cl/c1-4-5-2-7(11)6(10)3-8(5)12-9(4)13;7-6-4-2-1-3-5-6/h2-3H,1H2,(H,12,13);1-5H. The zero-order valence-corrected chi connectivity index (χ0v) is 11.8. The lowest BCUT2D eigenvalue weighted by Gasteiger charge is -1.99. The van der Waals surface area contributed by atoms with E-state index in [-0.39, 0.29) is 16.5 Å². The summed E-state index contributed by atoms with van der Waals surface area (Å²) in [5, 5.41) is 3.31. The van der Waals surface area contributed by atoms with Crippen LogP contribution in [0, 0.1) is 5.82 Å². The number of anilines is 1. The molecule has 0 atom stereocenters. The molecule has 0 bridgehead atoms. The maximum absolute atomic E-state index is 13.0. The van der Waals surface area contributed by atoms with Crippen molar-refractivity contribution >= 4 is 40.4 Å². The summed E-state index contributed by atoms with van der Waals surface area (Å²) in [7, 11) is 0. The van der Waals surface area contributed by atoms with Crippen LogP contribution in [0.2, 0.25) is 10.0 Å². The third-order valence-electron chi connectivity index (χ3n) is 2.64. The van der Waals surface area contributed by atoms with Crippen LogP contribution in [0.1, 0.15) is 5.56 Å². The van der Waals surface area contributed by atoms with E-state index < -0.39 is 5.82 Å². The molecule has 1 heterocycles. The smallest absolute Gasteiger partial charge is 0.255 e. The molecular formula is C15H10Cl2FNO. The normalized spacial score (nSPS) is 12.3. The molecule has 1 N–H and O–H groups in total. The lowest BCUT2D eigenvalue weighted by molar-refractivity contribution is -0.110. The second kappa shape index (κ2) is 6.07. The van der Waals surface area contributed by atoms with Gasteiger partial charge in [0.2, 0.25) is 0 Å². The summed E-state index contributed by atoms with van der Waals surface area (Å²) in [5.41, 5.74) is 1.26. The van der Waals surface area contributed by atoms with Crippen molar-refractivity contribution in [2.24, 2.45) is 0 Å². The molecule has 5 heteroatoms. The van der Waals surface area contributed by atoms with E-state index in [1.54, 1.807) is 0 Å². The van der Waals surface area contributed by atoms with Gasteiger partial charge in [0.05, 0.1) is 10.7 Å². The Kier molecular flexibility index (Phi) is 4.42. The van der Waals surface area contributed by atoms with Gasteiger partial charge in [-0.05, 0) is 24.3 Å². The van der Waals surface area contributed by atoms with Crippen molar-refractivity contribution in [3.63, 3.8) is 0 Å². The van der Waals surface area contributed by atoms with Gasteiger partial charge in [-0.25, -0.2) is 4.39 Å². The second-order valence-corrected chi connectivity index (χ2v) is 4.88. The molecule has 1 amide bonds. The van der Waals surface area contributed by atoms with Crippen LogP contribution < -0.4 is 5.32 Å². The molecule has 102 valence electrons. The molecule has 2 nitrogen and oxygen atoms in total. The van der Waals surface area contributed by atoms with Gasteiger partial charge in [-0.2, -0.15) is 0 Å². The first-order chi connectivity index (χ1) is 9.49. The van der Waals surface area contributed by atoms with Crippen LogP contribution >= 0.6 is 23.2 Å². The van der Waals surface area contributed by atoms with Gasteiger partial charge in [0.15, 0.2) is 0 Å². The summed E-state index contributed by atoms with van der Waals surface area (Å²) >= 11 is 11.1. The average Bonchev–Trinajstić information content (AvgIpc) is 2.68.